The predicted molar refractivity (Wildman–Crippen MR) is 125 cm³/mol. The van der Waals surface area contributed by atoms with Crippen LogP contribution in [0.5, 0.6) is 0 Å². The molecular formula is C22H21Br2N3O5. The summed E-state index contributed by atoms with van der Waals surface area (Å²) in [5, 5.41) is 3.79. The van der Waals surface area contributed by atoms with Crippen molar-refractivity contribution >= 4 is 61.2 Å². The largest absolute Gasteiger partial charge is 0.455 e. The number of hydrogen-bond donors (Lipinski definition) is 2. The highest BCUT2D eigenvalue weighted by atomic mass is 79.9. The zero-order chi connectivity index (χ0) is 23.4. The molecule has 10 heteroatoms. The summed E-state index contributed by atoms with van der Waals surface area (Å²) in [7, 11) is 0. The molecule has 168 valence electrons. The standard InChI is InChI=1S/C22H21Br2N3O5/c1-12-7-17(8-13(2)20(12)24)25-18(28)11-32-22(31)15-9-19(29)27(10-15)26-21(30)14-3-5-16(23)6-4-14/h3-8,15H,9-11H2,1-2H3,(H,25,28)(H,26,30)/t15-/m0/s1. The highest BCUT2D eigenvalue weighted by Gasteiger charge is 2.36. The molecule has 1 heterocycles. The van der Waals surface area contributed by atoms with Crippen LogP contribution in [-0.4, -0.2) is 41.9 Å². The summed E-state index contributed by atoms with van der Waals surface area (Å²) >= 11 is 6.76. The summed E-state index contributed by atoms with van der Waals surface area (Å²) in [5.41, 5.74) is 5.41. The normalized spacial score (nSPS) is 15.4. The van der Waals surface area contributed by atoms with Crippen molar-refractivity contribution in [3.8, 4) is 0 Å². The van der Waals surface area contributed by atoms with Gasteiger partial charge in [-0.1, -0.05) is 31.9 Å². The minimum atomic E-state index is -0.766. The van der Waals surface area contributed by atoms with Gasteiger partial charge in [-0.2, -0.15) is 0 Å². The summed E-state index contributed by atoms with van der Waals surface area (Å²) in [6.45, 7) is 3.33. The van der Waals surface area contributed by atoms with E-state index >= 15 is 0 Å². The van der Waals surface area contributed by atoms with Crippen molar-refractivity contribution in [2.45, 2.75) is 20.3 Å². The zero-order valence-electron chi connectivity index (χ0n) is 17.4. The fourth-order valence-corrected chi connectivity index (χ4v) is 3.72. The van der Waals surface area contributed by atoms with Crippen LogP contribution < -0.4 is 10.7 Å². The number of nitrogens with zero attached hydrogens (tertiary/aromatic N) is 1. The molecule has 0 aromatic heterocycles. The van der Waals surface area contributed by atoms with E-state index in [1.54, 1.807) is 36.4 Å². The van der Waals surface area contributed by atoms with E-state index in [0.717, 1.165) is 25.1 Å². The van der Waals surface area contributed by atoms with Gasteiger partial charge in [0, 0.05) is 26.6 Å². The Hall–Kier alpha value is -2.72. The van der Waals surface area contributed by atoms with Crippen molar-refractivity contribution in [1.82, 2.24) is 10.4 Å². The number of carbonyl (C=O) groups excluding carboxylic acids is 4. The third kappa shape index (κ3) is 5.95. The number of amides is 3. The van der Waals surface area contributed by atoms with Gasteiger partial charge in [0.1, 0.15) is 0 Å². The maximum absolute atomic E-state index is 12.3. The molecule has 0 saturated carbocycles. The number of halogens is 2. The van der Waals surface area contributed by atoms with Gasteiger partial charge in [0.05, 0.1) is 12.5 Å². The Morgan fingerprint density at radius 1 is 1.09 bits per heavy atom. The number of esters is 1. The van der Waals surface area contributed by atoms with Gasteiger partial charge in [0.2, 0.25) is 5.91 Å². The molecule has 1 saturated heterocycles. The second-order valence-corrected chi connectivity index (χ2v) is 9.14. The molecule has 0 unspecified atom stereocenters. The lowest BCUT2D eigenvalue weighted by Gasteiger charge is -2.17. The fraction of sp³-hybridized carbons (Fsp3) is 0.273. The van der Waals surface area contributed by atoms with E-state index in [0.29, 0.717) is 11.3 Å². The van der Waals surface area contributed by atoms with Crippen LogP contribution in [0.1, 0.15) is 27.9 Å². The zero-order valence-corrected chi connectivity index (χ0v) is 20.6. The molecule has 3 rings (SSSR count). The Morgan fingerprint density at radius 3 is 2.34 bits per heavy atom. The summed E-state index contributed by atoms with van der Waals surface area (Å²) in [4.78, 5) is 49.0. The Kier molecular flexibility index (Phi) is 7.68. The quantitative estimate of drug-likeness (QED) is 0.521. The van der Waals surface area contributed by atoms with Gasteiger partial charge in [0.25, 0.3) is 11.8 Å². The summed E-state index contributed by atoms with van der Waals surface area (Å²) in [6, 6.07) is 10.3. The number of hydrogen-bond acceptors (Lipinski definition) is 5. The molecule has 1 fully saturated rings. The highest BCUT2D eigenvalue weighted by molar-refractivity contribution is 9.10. The molecule has 2 aromatic rings. The van der Waals surface area contributed by atoms with Crippen molar-refractivity contribution in [3.63, 3.8) is 0 Å². The maximum Gasteiger partial charge on any atom is 0.311 e. The first-order chi connectivity index (χ1) is 15.1. The Morgan fingerprint density at radius 2 is 1.72 bits per heavy atom. The molecule has 1 atom stereocenters. The van der Waals surface area contributed by atoms with Crippen molar-refractivity contribution in [1.29, 1.82) is 0 Å². The highest BCUT2D eigenvalue weighted by Crippen LogP contribution is 2.25. The first kappa shape index (κ1) is 23.9. The lowest BCUT2D eigenvalue weighted by atomic mass is 10.1. The third-order valence-electron chi connectivity index (χ3n) is 4.87. The molecule has 1 aliphatic rings. The fourth-order valence-electron chi connectivity index (χ4n) is 3.23. The number of benzene rings is 2. The Labute approximate surface area is 201 Å². The van der Waals surface area contributed by atoms with E-state index in [1.165, 1.54) is 0 Å². The first-order valence-electron chi connectivity index (χ1n) is 9.74. The third-order valence-corrected chi connectivity index (χ3v) is 6.65. The molecule has 0 radical (unpaired) electrons. The van der Waals surface area contributed by atoms with E-state index in [4.69, 9.17) is 4.74 Å². The van der Waals surface area contributed by atoms with E-state index in [1.807, 2.05) is 13.8 Å². The molecule has 0 bridgehead atoms. The van der Waals surface area contributed by atoms with Crippen LogP contribution in [0.15, 0.2) is 45.3 Å². The van der Waals surface area contributed by atoms with Crippen LogP contribution in [0, 0.1) is 19.8 Å². The van der Waals surface area contributed by atoms with Gasteiger partial charge in [-0.15, -0.1) is 0 Å². The number of hydrazine groups is 1. The van der Waals surface area contributed by atoms with Crippen LogP contribution >= 0.6 is 31.9 Å². The molecule has 0 aliphatic carbocycles. The number of carbonyl (C=O) groups is 4. The van der Waals surface area contributed by atoms with Crippen molar-refractivity contribution in [2.24, 2.45) is 5.92 Å². The van der Waals surface area contributed by atoms with E-state index in [9.17, 15) is 19.2 Å². The number of anilines is 1. The van der Waals surface area contributed by atoms with Crippen LogP contribution in [-0.2, 0) is 19.1 Å². The van der Waals surface area contributed by atoms with Gasteiger partial charge >= 0.3 is 5.97 Å². The second-order valence-electron chi connectivity index (χ2n) is 7.43. The van der Waals surface area contributed by atoms with Crippen molar-refractivity contribution in [3.05, 3.63) is 62.0 Å². The van der Waals surface area contributed by atoms with Crippen LogP contribution in [0.25, 0.3) is 0 Å². The van der Waals surface area contributed by atoms with E-state index in [-0.39, 0.29) is 13.0 Å². The van der Waals surface area contributed by atoms with Crippen LogP contribution in [0.4, 0.5) is 5.69 Å². The number of rotatable bonds is 6. The molecule has 2 aromatic carbocycles. The maximum atomic E-state index is 12.3. The molecule has 0 spiro atoms. The summed E-state index contributed by atoms with van der Waals surface area (Å²) in [5.74, 6) is -2.78. The predicted octanol–water partition coefficient (Wildman–Crippen LogP) is 3.50. The van der Waals surface area contributed by atoms with Crippen LogP contribution in [0.3, 0.4) is 0 Å². The van der Waals surface area contributed by atoms with Gasteiger partial charge in [-0.05, 0) is 61.4 Å². The Bertz CT molecular complexity index is 1050. The number of nitrogens with one attached hydrogen (secondary N) is 2. The van der Waals surface area contributed by atoms with Gasteiger partial charge < -0.3 is 10.1 Å². The molecule has 3 amide bonds. The molecular weight excluding hydrogens is 546 g/mol. The molecule has 32 heavy (non-hydrogen) atoms. The topological polar surface area (TPSA) is 105 Å². The molecule has 1 aliphatic heterocycles. The van der Waals surface area contributed by atoms with Crippen molar-refractivity contribution < 1.29 is 23.9 Å². The average Bonchev–Trinajstić information content (AvgIpc) is 3.11. The van der Waals surface area contributed by atoms with Gasteiger partial charge in [-0.25, -0.2) is 0 Å². The monoisotopic (exact) mass is 565 g/mol. The molecule has 8 nitrogen and oxygen atoms in total. The SMILES string of the molecule is Cc1cc(NC(=O)COC(=O)[C@H]2CC(=O)N(NC(=O)c3ccc(Br)cc3)C2)cc(C)c1Br. The first-order valence-corrected chi connectivity index (χ1v) is 11.3. The Balaban J connectivity index is 1.49. The van der Waals surface area contributed by atoms with Gasteiger partial charge in [-0.3, -0.25) is 29.6 Å². The van der Waals surface area contributed by atoms with Crippen LogP contribution in [0.2, 0.25) is 0 Å². The summed E-state index contributed by atoms with van der Waals surface area (Å²) in [6.07, 6.45) is -0.105. The lowest BCUT2D eigenvalue weighted by molar-refractivity contribution is -0.151. The minimum absolute atomic E-state index is 0.0212. The second kappa shape index (κ2) is 10.3. The van der Waals surface area contributed by atoms with Crippen molar-refractivity contribution in [2.75, 3.05) is 18.5 Å². The number of ether oxygens (including phenoxy) is 1. The number of aryl methyl sites for hydroxylation is 2. The minimum Gasteiger partial charge on any atom is -0.455 e. The average molecular weight is 567 g/mol. The van der Waals surface area contributed by atoms with E-state index < -0.39 is 36.2 Å². The molecule has 2 N–H and O–H groups in total. The van der Waals surface area contributed by atoms with E-state index in [2.05, 4.69) is 42.6 Å². The smallest absolute Gasteiger partial charge is 0.311 e. The van der Waals surface area contributed by atoms with Gasteiger partial charge in [0.15, 0.2) is 6.61 Å². The lowest BCUT2D eigenvalue weighted by Crippen LogP contribution is -2.43. The summed E-state index contributed by atoms with van der Waals surface area (Å²) < 4.78 is 6.87.